The van der Waals surface area contributed by atoms with Crippen LogP contribution in [-0.4, -0.2) is 37.1 Å². The van der Waals surface area contributed by atoms with Gasteiger partial charge in [0.05, 0.1) is 0 Å². The monoisotopic (exact) mass is 322 g/mol. The normalized spacial score (nSPS) is 21.1. The van der Waals surface area contributed by atoms with Gasteiger partial charge < -0.3 is 5.32 Å². The highest BCUT2D eigenvalue weighted by atomic mass is 15.3. The molecule has 0 aromatic carbocycles. The zero-order valence-electron chi connectivity index (χ0n) is 16.0. The van der Waals surface area contributed by atoms with Gasteiger partial charge in [-0.1, -0.05) is 84.5 Å². The van der Waals surface area contributed by atoms with Gasteiger partial charge in [0.15, 0.2) is 0 Å². The van der Waals surface area contributed by atoms with Crippen LogP contribution in [0.1, 0.15) is 97.3 Å². The van der Waals surface area contributed by atoms with Gasteiger partial charge in [0.2, 0.25) is 0 Å². The third kappa shape index (κ3) is 6.38. The van der Waals surface area contributed by atoms with Crippen molar-refractivity contribution in [2.45, 2.75) is 103 Å². The van der Waals surface area contributed by atoms with E-state index in [9.17, 15) is 0 Å². The van der Waals surface area contributed by atoms with Crippen LogP contribution >= 0.6 is 0 Å². The molecule has 0 aliphatic carbocycles. The first-order valence-corrected chi connectivity index (χ1v) is 10.7. The van der Waals surface area contributed by atoms with Crippen LogP contribution in [-0.2, 0) is 0 Å². The molecule has 0 aromatic heterocycles. The lowest BCUT2D eigenvalue weighted by atomic mass is 9.73. The van der Waals surface area contributed by atoms with E-state index in [1.165, 1.54) is 110 Å². The number of unbranched alkanes of at least 4 members (excludes halogenated alkanes) is 9. The van der Waals surface area contributed by atoms with Crippen molar-refractivity contribution >= 4 is 0 Å². The Morgan fingerprint density at radius 2 is 1.22 bits per heavy atom. The molecule has 0 bridgehead atoms. The van der Waals surface area contributed by atoms with E-state index in [0.29, 0.717) is 5.41 Å². The molecule has 2 fully saturated rings. The lowest BCUT2D eigenvalue weighted by molar-refractivity contribution is -0.0691. The zero-order chi connectivity index (χ0) is 16.4. The van der Waals surface area contributed by atoms with Gasteiger partial charge in [-0.05, 0) is 12.8 Å². The molecule has 136 valence electrons. The van der Waals surface area contributed by atoms with Crippen LogP contribution in [0.15, 0.2) is 0 Å². The predicted molar refractivity (Wildman–Crippen MR) is 102 cm³/mol. The maximum atomic E-state index is 3.47. The molecule has 2 aliphatic heterocycles. The maximum Gasteiger partial charge on any atom is 0.0207 e. The Bertz CT molecular complexity index is 290. The maximum absolute atomic E-state index is 3.47. The molecule has 0 radical (unpaired) electrons. The number of hydrogen-bond acceptors (Lipinski definition) is 2. The van der Waals surface area contributed by atoms with E-state index >= 15 is 0 Å². The van der Waals surface area contributed by atoms with Gasteiger partial charge in [0, 0.05) is 37.6 Å². The molecular formula is C21H42N2. The van der Waals surface area contributed by atoms with Crippen molar-refractivity contribution in [3.05, 3.63) is 0 Å². The van der Waals surface area contributed by atoms with Gasteiger partial charge in [-0.15, -0.1) is 0 Å². The third-order valence-corrected chi connectivity index (χ3v) is 6.13. The Hall–Kier alpha value is -0.0800. The number of hydrogen-bond donors (Lipinski definition) is 1. The van der Waals surface area contributed by atoms with Crippen LogP contribution in [0.4, 0.5) is 0 Å². The average Bonchev–Trinajstić information content (AvgIpc) is 2.46. The van der Waals surface area contributed by atoms with E-state index in [0.717, 1.165) is 6.04 Å². The second-order valence-corrected chi connectivity index (χ2v) is 8.42. The van der Waals surface area contributed by atoms with Crippen molar-refractivity contribution in [1.82, 2.24) is 10.2 Å². The van der Waals surface area contributed by atoms with Gasteiger partial charge in [0.25, 0.3) is 0 Å². The second kappa shape index (κ2) is 10.7. The van der Waals surface area contributed by atoms with Crippen molar-refractivity contribution in [3.63, 3.8) is 0 Å². The minimum absolute atomic E-state index is 0.696. The van der Waals surface area contributed by atoms with Crippen LogP contribution < -0.4 is 5.32 Å². The Morgan fingerprint density at radius 3 is 1.65 bits per heavy atom. The summed E-state index contributed by atoms with van der Waals surface area (Å²) in [4.78, 5) is 2.83. The molecule has 2 heteroatoms. The van der Waals surface area contributed by atoms with Crippen LogP contribution in [0, 0.1) is 5.41 Å². The summed E-state index contributed by atoms with van der Waals surface area (Å²) in [6, 6.07) is 0.897. The topological polar surface area (TPSA) is 15.3 Å². The zero-order valence-corrected chi connectivity index (χ0v) is 16.0. The standard InChI is InChI=1S/C21H42N2/c1-3-5-7-9-11-13-15-20(14-12-10-8-6-4-2)23-18-21(19-23)16-22-17-21/h20,22H,3-19H2,1-2H3. The van der Waals surface area contributed by atoms with E-state index in [4.69, 9.17) is 0 Å². The highest BCUT2D eigenvalue weighted by molar-refractivity contribution is 5.05. The van der Waals surface area contributed by atoms with Gasteiger partial charge in [-0.2, -0.15) is 0 Å². The molecule has 2 saturated heterocycles. The quantitative estimate of drug-likeness (QED) is 0.432. The van der Waals surface area contributed by atoms with Gasteiger partial charge in [0.1, 0.15) is 0 Å². The SMILES string of the molecule is CCCCCCCCC(CCCCCCC)N1CC2(CNC2)C1. The fourth-order valence-electron chi connectivity index (χ4n) is 4.43. The summed E-state index contributed by atoms with van der Waals surface area (Å²) in [7, 11) is 0. The van der Waals surface area contributed by atoms with Crippen molar-refractivity contribution in [2.24, 2.45) is 5.41 Å². The predicted octanol–water partition coefficient (Wildman–Crippen LogP) is 5.37. The highest BCUT2D eigenvalue weighted by Crippen LogP contribution is 2.37. The van der Waals surface area contributed by atoms with Crippen molar-refractivity contribution in [1.29, 1.82) is 0 Å². The molecule has 0 amide bonds. The van der Waals surface area contributed by atoms with Crippen molar-refractivity contribution in [2.75, 3.05) is 26.2 Å². The Balaban J connectivity index is 1.60. The number of rotatable bonds is 14. The molecule has 2 aliphatic rings. The molecule has 0 saturated carbocycles. The van der Waals surface area contributed by atoms with Crippen LogP contribution in [0.25, 0.3) is 0 Å². The molecule has 2 nitrogen and oxygen atoms in total. The fourth-order valence-corrected chi connectivity index (χ4v) is 4.43. The average molecular weight is 323 g/mol. The van der Waals surface area contributed by atoms with Gasteiger partial charge in [-0.3, -0.25) is 4.90 Å². The largest absolute Gasteiger partial charge is 0.315 e. The molecule has 1 unspecified atom stereocenters. The van der Waals surface area contributed by atoms with E-state index in [1.807, 2.05) is 0 Å². The summed E-state index contributed by atoms with van der Waals surface area (Å²) in [5.74, 6) is 0. The fraction of sp³-hybridized carbons (Fsp3) is 1.00. The number of likely N-dealkylation sites (tertiary alicyclic amines) is 1. The first kappa shape index (κ1) is 19.2. The van der Waals surface area contributed by atoms with E-state index < -0.39 is 0 Å². The smallest absolute Gasteiger partial charge is 0.0207 e. The first-order chi connectivity index (χ1) is 11.3. The minimum Gasteiger partial charge on any atom is -0.315 e. The molecular weight excluding hydrogens is 280 g/mol. The molecule has 0 aromatic rings. The van der Waals surface area contributed by atoms with Crippen molar-refractivity contribution in [3.8, 4) is 0 Å². The Kier molecular flexibility index (Phi) is 8.97. The molecule has 2 heterocycles. The summed E-state index contributed by atoms with van der Waals surface area (Å²) in [6.07, 6.45) is 18.7. The molecule has 1 N–H and O–H groups in total. The number of nitrogens with one attached hydrogen (secondary N) is 1. The Labute approximate surface area is 145 Å². The summed E-state index contributed by atoms with van der Waals surface area (Å²) >= 11 is 0. The summed E-state index contributed by atoms with van der Waals surface area (Å²) in [5.41, 5.74) is 0.696. The summed E-state index contributed by atoms with van der Waals surface area (Å²) < 4.78 is 0. The summed E-state index contributed by atoms with van der Waals surface area (Å²) in [5, 5.41) is 3.47. The second-order valence-electron chi connectivity index (χ2n) is 8.42. The highest BCUT2D eigenvalue weighted by Gasteiger charge is 2.48. The van der Waals surface area contributed by atoms with Crippen LogP contribution in [0.2, 0.25) is 0 Å². The van der Waals surface area contributed by atoms with E-state index in [2.05, 4.69) is 24.1 Å². The molecule has 1 spiro atoms. The van der Waals surface area contributed by atoms with E-state index in [1.54, 1.807) is 0 Å². The third-order valence-electron chi connectivity index (χ3n) is 6.13. The summed E-state index contributed by atoms with van der Waals surface area (Å²) in [6.45, 7) is 9.95. The van der Waals surface area contributed by atoms with E-state index in [-0.39, 0.29) is 0 Å². The first-order valence-electron chi connectivity index (χ1n) is 10.7. The minimum atomic E-state index is 0.696. The van der Waals surface area contributed by atoms with Gasteiger partial charge >= 0.3 is 0 Å². The molecule has 1 atom stereocenters. The number of nitrogens with zero attached hydrogens (tertiary/aromatic N) is 1. The van der Waals surface area contributed by atoms with Crippen LogP contribution in [0.3, 0.4) is 0 Å². The lowest BCUT2D eigenvalue weighted by Gasteiger charge is -2.58. The molecule has 2 rings (SSSR count). The van der Waals surface area contributed by atoms with Crippen LogP contribution in [0.5, 0.6) is 0 Å². The molecule has 23 heavy (non-hydrogen) atoms. The van der Waals surface area contributed by atoms with Crippen molar-refractivity contribution < 1.29 is 0 Å². The lowest BCUT2D eigenvalue weighted by Crippen LogP contribution is -2.72. The Morgan fingerprint density at radius 1 is 0.739 bits per heavy atom. The van der Waals surface area contributed by atoms with Gasteiger partial charge in [-0.25, -0.2) is 0 Å².